The summed E-state index contributed by atoms with van der Waals surface area (Å²) < 4.78 is 0. The number of fused-ring (bicyclic) bond motifs is 1. The van der Waals surface area contributed by atoms with Crippen LogP contribution in [-0.2, 0) is 6.54 Å². The molecule has 0 radical (unpaired) electrons. The van der Waals surface area contributed by atoms with Gasteiger partial charge >= 0.3 is 0 Å². The lowest BCUT2D eigenvalue weighted by Gasteiger charge is -2.23. The lowest BCUT2D eigenvalue weighted by atomic mass is 10.1. The summed E-state index contributed by atoms with van der Waals surface area (Å²) in [5.41, 5.74) is 9.14. The minimum Gasteiger partial charge on any atom is -0.398 e. The van der Waals surface area contributed by atoms with Crippen molar-refractivity contribution in [2.75, 3.05) is 12.3 Å². The van der Waals surface area contributed by atoms with Crippen LogP contribution in [0.1, 0.15) is 38.8 Å². The Hall–Kier alpha value is -1.61. The van der Waals surface area contributed by atoms with Gasteiger partial charge in [-0.2, -0.15) is 0 Å². The average molecular weight is 283 g/mol. The summed E-state index contributed by atoms with van der Waals surface area (Å²) in [6.07, 6.45) is 3.92. The molecule has 3 heteroatoms. The Morgan fingerprint density at radius 2 is 2.05 bits per heavy atom. The van der Waals surface area contributed by atoms with Crippen LogP contribution in [0, 0.1) is 5.92 Å². The molecule has 1 aromatic heterocycles. The van der Waals surface area contributed by atoms with Crippen molar-refractivity contribution in [3.63, 3.8) is 0 Å². The second kappa shape index (κ2) is 6.02. The van der Waals surface area contributed by atoms with E-state index in [1.807, 2.05) is 30.3 Å². The maximum absolute atomic E-state index is 6.19. The monoisotopic (exact) mass is 283 g/mol. The van der Waals surface area contributed by atoms with E-state index in [2.05, 4.69) is 18.7 Å². The van der Waals surface area contributed by atoms with E-state index in [4.69, 9.17) is 10.7 Å². The number of pyridine rings is 1. The Bertz CT molecular complexity index is 617. The van der Waals surface area contributed by atoms with Crippen LogP contribution < -0.4 is 5.73 Å². The molecular formula is C18H25N3. The normalized spacial score (nSPS) is 15.2. The molecular weight excluding hydrogens is 258 g/mol. The molecule has 1 aliphatic carbocycles. The Balaban J connectivity index is 1.79. The third kappa shape index (κ3) is 3.53. The highest BCUT2D eigenvalue weighted by atomic mass is 15.2. The van der Waals surface area contributed by atoms with E-state index in [1.54, 1.807) is 0 Å². The standard InChI is InChI=1S/C18H25N3/c1-13(2)9-10-21(15-7-8-15)12-14-11-17(19)16-5-3-4-6-18(16)20-14/h3-6,11,13,15H,7-10,12H2,1-2H3,(H2,19,20). The minimum atomic E-state index is 0.751. The smallest absolute Gasteiger partial charge is 0.0726 e. The first-order valence-corrected chi connectivity index (χ1v) is 8.01. The van der Waals surface area contributed by atoms with E-state index < -0.39 is 0 Å². The Labute approximate surface area is 127 Å². The molecule has 2 aromatic rings. The van der Waals surface area contributed by atoms with Gasteiger partial charge in [0, 0.05) is 23.7 Å². The molecule has 1 fully saturated rings. The molecule has 0 aliphatic heterocycles. The largest absolute Gasteiger partial charge is 0.398 e. The van der Waals surface area contributed by atoms with E-state index >= 15 is 0 Å². The number of hydrogen-bond donors (Lipinski definition) is 1. The van der Waals surface area contributed by atoms with Crippen LogP contribution in [-0.4, -0.2) is 22.5 Å². The molecule has 3 nitrogen and oxygen atoms in total. The van der Waals surface area contributed by atoms with E-state index in [1.165, 1.54) is 19.3 Å². The van der Waals surface area contributed by atoms with Gasteiger partial charge in [-0.15, -0.1) is 0 Å². The molecule has 2 N–H and O–H groups in total. The highest BCUT2D eigenvalue weighted by molar-refractivity contribution is 5.90. The number of benzene rings is 1. The molecule has 0 amide bonds. The summed E-state index contributed by atoms with van der Waals surface area (Å²) >= 11 is 0. The first kappa shape index (κ1) is 14.3. The summed E-state index contributed by atoms with van der Waals surface area (Å²) in [5.74, 6) is 0.751. The molecule has 1 saturated carbocycles. The number of para-hydroxylation sites is 1. The van der Waals surface area contributed by atoms with Crippen molar-refractivity contribution in [1.82, 2.24) is 9.88 Å². The number of rotatable bonds is 6. The average Bonchev–Trinajstić information content (AvgIpc) is 3.28. The highest BCUT2D eigenvalue weighted by Crippen LogP contribution is 2.29. The number of nitrogens with two attached hydrogens (primary N) is 1. The molecule has 0 saturated heterocycles. The number of aromatic nitrogens is 1. The molecule has 1 aliphatic rings. The quantitative estimate of drug-likeness (QED) is 0.876. The van der Waals surface area contributed by atoms with Crippen molar-refractivity contribution in [2.24, 2.45) is 5.92 Å². The molecule has 0 spiro atoms. The zero-order chi connectivity index (χ0) is 14.8. The number of hydrogen-bond acceptors (Lipinski definition) is 3. The van der Waals surface area contributed by atoms with Gasteiger partial charge in [-0.3, -0.25) is 9.88 Å². The van der Waals surface area contributed by atoms with E-state index in [9.17, 15) is 0 Å². The number of nitrogen functional groups attached to an aromatic ring is 1. The summed E-state index contributed by atoms with van der Waals surface area (Å²) in [6.45, 7) is 6.66. The van der Waals surface area contributed by atoms with Crippen LogP contribution in [0.2, 0.25) is 0 Å². The molecule has 112 valence electrons. The second-order valence-electron chi connectivity index (χ2n) is 6.60. The molecule has 1 aromatic carbocycles. The zero-order valence-corrected chi connectivity index (χ0v) is 13.0. The fourth-order valence-electron chi connectivity index (χ4n) is 2.80. The van der Waals surface area contributed by atoms with E-state index in [0.29, 0.717) is 0 Å². The molecule has 0 unspecified atom stereocenters. The highest BCUT2D eigenvalue weighted by Gasteiger charge is 2.29. The fraction of sp³-hybridized carbons (Fsp3) is 0.500. The summed E-state index contributed by atoms with van der Waals surface area (Å²) in [7, 11) is 0. The molecule has 0 bridgehead atoms. The predicted molar refractivity (Wildman–Crippen MR) is 89.0 cm³/mol. The van der Waals surface area contributed by atoms with Gasteiger partial charge in [0.2, 0.25) is 0 Å². The maximum atomic E-state index is 6.19. The lowest BCUT2D eigenvalue weighted by Crippen LogP contribution is -2.28. The predicted octanol–water partition coefficient (Wildman–Crippen LogP) is 3.83. The van der Waals surface area contributed by atoms with Gasteiger partial charge < -0.3 is 5.73 Å². The van der Waals surface area contributed by atoms with Crippen LogP contribution in [0.15, 0.2) is 30.3 Å². The zero-order valence-electron chi connectivity index (χ0n) is 13.0. The van der Waals surface area contributed by atoms with E-state index in [-0.39, 0.29) is 0 Å². The summed E-state index contributed by atoms with van der Waals surface area (Å²) in [6, 6.07) is 10.9. The number of anilines is 1. The molecule has 3 rings (SSSR count). The Morgan fingerprint density at radius 1 is 1.29 bits per heavy atom. The SMILES string of the molecule is CC(C)CCN(Cc1cc(N)c2ccccc2n1)C1CC1. The fourth-order valence-corrected chi connectivity index (χ4v) is 2.80. The molecule has 0 atom stereocenters. The van der Waals surface area contributed by atoms with Crippen molar-refractivity contribution in [3.05, 3.63) is 36.0 Å². The Morgan fingerprint density at radius 3 is 2.76 bits per heavy atom. The van der Waals surface area contributed by atoms with Gasteiger partial charge in [0.15, 0.2) is 0 Å². The van der Waals surface area contributed by atoms with Crippen LogP contribution in [0.3, 0.4) is 0 Å². The van der Waals surface area contributed by atoms with Gasteiger partial charge in [-0.25, -0.2) is 0 Å². The topological polar surface area (TPSA) is 42.1 Å². The van der Waals surface area contributed by atoms with Crippen LogP contribution in [0.25, 0.3) is 10.9 Å². The third-order valence-electron chi connectivity index (χ3n) is 4.22. The van der Waals surface area contributed by atoms with Crippen molar-refractivity contribution in [2.45, 2.75) is 45.7 Å². The van der Waals surface area contributed by atoms with Crippen LogP contribution in [0.5, 0.6) is 0 Å². The van der Waals surface area contributed by atoms with Gasteiger partial charge in [0.05, 0.1) is 11.2 Å². The Kier molecular flexibility index (Phi) is 4.11. The van der Waals surface area contributed by atoms with Crippen molar-refractivity contribution in [1.29, 1.82) is 0 Å². The second-order valence-corrected chi connectivity index (χ2v) is 6.60. The van der Waals surface area contributed by atoms with E-state index in [0.717, 1.165) is 47.3 Å². The first-order chi connectivity index (χ1) is 10.1. The van der Waals surface area contributed by atoms with Crippen molar-refractivity contribution >= 4 is 16.6 Å². The van der Waals surface area contributed by atoms with Gasteiger partial charge in [0.25, 0.3) is 0 Å². The van der Waals surface area contributed by atoms with Gasteiger partial charge in [-0.05, 0) is 43.9 Å². The van der Waals surface area contributed by atoms with Crippen LogP contribution >= 0.6 is 0 Å². The van der Waals surface area contributed by atoms with Gasteiger partial charge in [0.1, 0.15) is 0 Å². The first-order valence-electron chi connectivity index (χ1n) is 8.01. The summed E-state index contributed by atoms with van der Waals surface area (Å²) in [4.78, 5) is 7.37. The van der Waals surface area contributed by atoms with Crippen LogP contribution in [0.4, 0.5) is 5.69 Å². The number of nitrogens with zero attached hydrogens (tertiary/aromatic N) is 2. The van der Waals surface area contributed by atoms with Gasteiger partial charge in [-0.1, -0.05) is 32.0 Å². The maximum Gasteiger partial charge on any atom is 0.0726 e. The summed E-state index contributed by atoms with van der Waals surface area (Å²) in [5, 5.41) is 1.06. The molecule has 1 heterocycles. The third-order valence-corrected chi connectivity index (χ3v) is 4.22. The minimum absolute atomic E-state index is 0.751. The lowest BCUT2D eigenvalue weighted by molar-refractivity contribution is 0.237. The molecule has 21 heavy (non-hydrogen) atoms. The van der Waals surface area contributed by atoms with Crippen molar-refractivity contribution in [3.8, 4) is 0 Å². The van der Waals surface area contributed by atoms with Crippen molar-refractivity contribution < 1.29 is 0 Å².